The molecule has 1 aliphatic rings. The van der Waals surface area contributed by atoms with Gasteiger partial charge in [0.05, 0.1) is 25.7 Å². The molecule has 0 aliphatic carbocycles. The lowest BCUT2D eigenvalue weighted by Crippen LogP contribution is -2.45. The zero-order valence-corrected chi connectivity index (χ0v) is 9.91. The molecule has 0 amide bonds. The molecule has 1 heterocycles. The van der Waals surface area contributed by atoms with E-state index < -0.39 is 5.79 Å². The molecular weight excluding hydrogens is 196 g/mol. The summed E-state index contributed by atoms with van der Waals surface area (Å²) in [5.74, 6) is -0.829. The molecule has 1 unspecified atom stereocenters. The van der Waals surface area contributed by atoms with Crippen LogP contribution in [0.25, 0.3) is 0 Å². The predicted molar refractivity (Wildman–Crippen MR) is 55.4 cm³/mol. The van der Waals surface area contributed by atoms with Gasteiger partial charge >= 0.3 is 5.97 Å². The number of methoxy groups -OCH3 is 1. The van der Waals surface area contributed by atoms with Gasteiger partial charge in [-0.3, -0.25) is 4.79 Å². The highest BCUT2D eigenvalue weighted by molar-refractivity contribution is 5.69. The second-order valence-electron chi connectivity index (χ2n) is 4.30. The van der Waals surface area contributed by atoms with Crippen molar-refractivity contribution in [1.82, 2.24) is 0 Å². The number of ether oxygens (including phenoxy) is 3. The van der Waals surface area contributed by atoms with Crippen LogP contribution in [0, 0.1) is 0 Å². The van der Waals surface area contributed by atoms with E-state index in [0.717, 1.165) is 12.8 Å². The van der Waals surface area contributed by atoms with E-state index in [4.69, 9.17) is 9.47 Å². The highest BCUT2D eigenvalue weighted by Crippen LogP contribution is 2.29. The molecule has 15 heavy (non-hydrogen) atoms. The van der Waals surface area contributed by atoms with Crippen molar-refractivity contribution in [1.29, 1.82) is 0 Å². The Kier molecular flexibility index (Phi) is 4.11. The Morgan fingerprint density at radius 3 is 2.53 bits per heavy atom. The Bertz CT molecular complexity index is 225. The van der Waals surface area contributed by atoms with Crippen molar-refractivity contribution in [2.24, 2.45) is 0 Å². The average Bonchev–Trinajstić information content (AvgIpc) is 2.15. The number of hydrogen-bond acceptors (Lipinski definition) is 4. The van der Waals surface area contributed by atoms with Crippen LogP contribution in [0.1, 0.15) is 40.0 Å². The Morgan fingerprint density at radius 2 is 2.00 bits per heavy atom. The van der Waals surface area contributed by atoms with Crippen LogP contribution in [-0.4, -0.2) is 31.1 Å². The van der Waals surface area contributed by atoms with Crippen LogP contribution in [0.3, 0.4) is 0 Å². The maximum absolute atomic E-state index is 11.1. The minimum atomic E-state index is -0.600. The van der Waals surface area contributed by atoms with Gasteiger partial charge in [-0.05, 0) is 20.3 Å². The van der Waals surface area contributed by atoms with Gasteiger partial charge in [-0.15, -0.1) is 0 Å². The molecule has 4 heteroatoms. The van der Waals surface area contributed by atoms with Crippen molar-refractivity contribution in [2.45, 2.75) is 58.0 Å². The van der Waals surface area contributed by atoms with Crippen molar-refractivity contribution in [3.8, 4) is 0 Å². The van der Waals surface area contributed by atoms with Gasteiger partial charge in [0.2, 0.25) is 0 Å². The molecule has 1 rings (SSSR count). The van der Waals surface area contributed by atoms with Crippen LogP contribution in [0.4, 0.5) is 0 Å². The van der Waals surface area contributed by atoms with Crippen LogP contribution < -0.4 is 0 Å². The van der Waals surface area contributed by atoms with Crippen molar-refractivity contribution in [2.75, 3.05) is 7.11 Å². The fourth-order valence-electron chi connectivity index (χ4n) is 1.86. The van der Waals surface area contributed by atoms with E-state index in [1.807, 2.05) is 13.8 Å². The van der Waals surface area contributed by atoms with Gasteiger partial charge in [-0.25, -0.2) is 0 Å². The topological polar surface area (TPSA) is 44.8 Å². The first kappa shape index (κ1) is 12.5. The lowest BCUT2D eigenvalue weighted by atomic mass is 10.0. The largest absolute Gasteiger partial charge is 0.469 e. The lowest BCUT2D eigenvalue weighted by Gasteiger charge is -2.40. The molecule has 0 aromatic rings. The minimum Gasteiger partial charge on any atom is -0.469 e. The highest BCUT2D eigenvalue weighted by atomic mass is 16.7. The summed E-state index contributed by atoms with van der Waals surface area (Å²) in [7, 11) is 1.39. The van der Waals surface area contributed by atoms with Gasteiger partial charge in [-0.2, -0.15) is 0 Å². The summed E-state index contributed by atoms with van der Waals surface area (Å²) in [6.07, 6.45) is 2.08. The Hall–Kier alpha value is -0.610. The molecule has 1 saturated heterocycles. The quantitative estimate of drug-likeness (QED) is 0.675. The van der Waals surface area contributed by atoms with Crippen LogP contribution >= 0.6 is 0 Å². The zero-order chi connectivity index (χ0) is 11.5. The molecule has 0 radical (unpaired) electrons. The minimum absolute atomic E-state index is 0.0915. The molecule has 88 valence electrons. The van der Waals surface area contributed by atoms with E-state index in [1.165, 1.54) is 7.11 Å². The fourth-order valence-corrected chi connectivity index (χ4v) is 1.86. The molecule has 0 aromatic heterocycles. The van der Waals surface area contributed by atoms with Crippen LogP contribution in [0.2, 0.25) is 0 Å². The number of carbonyl (C=O) groups is 1. The van der Waals surface area contributed by atoms with Crippen molar-refractivity contribution >= 4 is 5.97 Å². The molecule has 0 N–H and O–H groups in total. The summed E-state index contributed by atoms with van der Waals surface area (Å²) in [6.45, 7) is 5.82. The molecular formula is C11H20O4. The summed E-state index contributed by atoms with van der Waals surface area (Å²) in [5, 5.41) is 0. The number of hydrogen-bond donors (Lipinski definition) is 0. The van der Waals surface area contributed by atoms with Gasteiger partial charge in [0.25, 0.3) is 0 Å². The summed E-state index contributed by atoms with van der Waals surface area (Å²) >= 11 is 0. The number of carbonyl (C=O) groups excluding carboxylic acids is 1. The third-order valence-corrected chi connectivity index (χ3v) is 2.50. The number of rotatable bonds is 3. The third kappa shape index (κ3) is 3.80. The predicted octanol–water partition coefficient (Wildman–Crippen LogP) is 1.87. The molecule has 2 atom stereocenters. The summed E-state index contributed by atoms with van der Waals surface area (Å²) in [6, 6.07) is 0. The van der Waals surface area contributed by atoms with Gasteiger partial charge in [0.15, 0.2) is 5.79 Å². The normalized spacial score (nSPS) is 29.9. The molecule has 0 spiro atoms. The van der Waals surface area contributed by atoms with E-state index in [2.05, 4.69) is 11.7 Å². The van der Waals surface area contributed by atoms with Crippen molar-refractivity contribution < 1.29 is 19.0 Å². The second kappa shape index (κ2) is 4.94. The smallest absolute Gasteiger partial charge is 0.308 e. The lowest BCUT2D eigenvalue weighted by molar-refractivity contribution is -0.299. The van der Waals surface area contributed by atoms with Crippen molar-refractivity contribution in [3.63, 3.8) is 0 Å². The third-order valence-electron chi connectivity index (χ3n) is 2.50. The van der Waals surface area contributed by atoms with Gasteiger partial charge in [0.1, 0.15) is 0 Å². The van der Waals surface area contributed by atoms with E-state index in [9.17, 15) is 4.79 Å². The van der Waals surface area contributed by atoms with Gasteiger partial charge in [0, 0.05) is 6.42 Å². The Balaban J connectivity index is 2.54. The fraction of sp³-hybridized carbons (Fsp3) is 0.909. The maximum atomic E-state index is 11.1. The van der Waals surface area contributed by atoms with Crippen LogP contribution in [-0.2, 0) is 19.0 Å². The standard InChI is InChI=1S/C11H20O4/c1-5-8-6-9(7-10(12)13-4)15-11(2,3)14-8/h8-9H,5-7H2,1-4H3/t8?,9-/m1/s1. The molecule has 0 bridgehead atoms. The monoisotopic (exact) mass is 216 g/mol. The zero-order valence-electron chi connectivity index (χ0n) is 9.91. The first-order valence-corrected chi connectivity index (χ1v) is 5.39. The average molecular weight is 216 g/mol. The van der Waals surface area contributed by atoms with Crippen LogP contribution in [0.15, 0.2) is 0 Å². The Morgan fingerprint density at radius 1 is 1.40 bits per heavy atom. The number of esters is 1. The molecule has 0 saturated carbocycles. The first-order chi connectivity index (χ1) is 6.96. The Labute approximate surface area is 90.9 Å². The van der Waals surface area contributed by atoms with E-state index in [-0.39, 0.29) is 18.2 Å². The molecule has 1 aliphatic heterocycles. The van der Waals surface area contributed by atoms with Crippen LogP contribution in [0.5, 0.6) is 0 Å². The van der Waals surface area contributed by atoms with Gasteiger partial charge in [-0.1, -0.05) is 6.92 Å². The SMILES string of the molecule is CCC1C[C@H](CC(=O)OC)OC(C)(C)O1. The van der Waals surface area contributed by atoms with E-state index in [1.54, 1.807) is 0 Å². The maximum Gasteiger partial charge on any atom is 0.308 e. The summed E-state index contributed by atoms with van der Waals surface area (Å²) in [4.78, 5) is 11.1. The van der Waals surface area contributed by atoms with Crippen molar-refractivity contribution in [3.05, 3.63) is 0 Å². The molecule has 0 aromatic carbocycles. The molecule has 1 fully saturated rings. The van der Waals surface area contributed by atoms with E-state index >= 15 is 0 Å². The van der Waals surface area contributed by atoms with E-state index in [0.29, 0.717) is 6.42 Å². The second-order valence-corrected chi connectivity index (χ2v) is 4.30. The highest BCUT2D eigenvalue weighted by Gasteiger charge is 2.35. The summed E-state index contributed by atoms with van der Waals surface area (Å²) < 4.78 is 16.0. The summed E-state index contributed by atoms with van der Waals surface area (Å²) in [5.41, 5.74) is 0. The van der Waals surface area contributed by atoms with Gasteiger partial charge < -0.3 is 14.2 Å². The molecule has 4 nitrogen and oxygen atoms in total. The first-order valence-electron chi connectivity index (χ1n) is 5.39.